The van der Waals surface area contributed by atoms with Crippen molar-refractivity contribution in [2.75, 3.05) is 11.9 Å². The number of rotatable bonds is 4. The molecule has 1 aliphatic carbocycles. The molecule has 102 valence electrons. The minimum Gasteiger partial charge on any atom is -0.494 e. The molecule has 3 heteroatoms. The Morgan fingerprint density at radius 1 is 1.47 bits per heavy atom. The molecular weight excluding hydrogens is 238 g/mol. The van der Waals surface area contributed by atoms with E-state index in [-0.39, 0.29) is 5.78 Å². The standard InChI is InChI=1S/C16H21NO2/c1-3-19-15-6-4-5-14(10-15)17-11-13-9-12(2)7-8-16(13)18/h4-6,10-12,17H,3,7-9H2,1-2H3. The lowest BCUT2D eigenvalue weighted by Crippen LogP contribution is -2.15. The molecular formula is C16H21NO2. The number of ether oxygens (including phenoxy) is 1. The third-order valence-electron chi connectivity index (χ3n) is 3.35. The van der Waals surface area contributed by atoms with Crippen LogP contribution in [0, 0.1) is 5.92 Å². The maximum atomic E-state index is 11.8. The second-order valence-electron chi connectivity index (χ2n) is 5.05. The van der Waals surface area contributed by atoms with Gasteiger partial charge >= 0.3 is 0 Å². The predicted octanol–water partition coefficient (Wildman–Crippen LogP) is 3.77. The number of ketones is 1. The zero-order valence-corrected chi connectivity index (χ0v) is 11.6. The van der Waals surface area contributed by atoms with Crippen molar-refractivity contribution in [3.63, 3.8) is 0 Å². The molecule has 0 radical (unpaired) electrons. The van der Waals surface area contributed by atoms with Gasteiger partial charge in [0, 0.05) is 29.9 Å². The summed E-state index contributed by atoms with van der Waals surface area (Å²) in [5.74, 6) is 1.71. The number of allylic oxidation sites excluding steroid dienone is 1. The number of benzene rings is 1. The number of hydrogen-bond acceptors (Lipinski definition) is 3. The smallest absolute Gasteiger partial charge is 0.160 e. The second-order valence-corrected chi connectivity index (χ2v) is 5.05. The van der Waals surface area contributed by atoms with Gasteiger partial charge < -0.3 is 10.1 Å². The van der Waals surface area contributed by atoms with Gasteiger partial charge in [0.15, 0.2) is 5.78 Å². The van der Waals surface area contributed by atoms with E-state index in [0.29, 0.717) is 18.9 Å². The van der Waals surface area contributed by atoms with E-state index >= 15 is 0 Å². The highest BCUT2D eigenvalue weighted by Gasteiger charge is 2.19. The third-order valence-corrected chi connectivity index (χ3v) is 3.35. The van der Waals surface area contributed by atoms with E-state index < -0.39 is 0 Å². The molecule has 0 spiro atoms. The summed E-state index contributed by atoms with van der Waals surface area (Å²) in [5.41, 5.74) is 1.85. The van der Waals surface area contributed by atoms with Gasteiger partial charge in [-0.05, 0) is 37.8 Å². The molecule has 1 fully saturated rings. The predicted molar refractivity (Wildman–Crippen MR) is 77.3 cm³/mol. The van der Waals surface area contributed by atoms with Crippen LogP contribution in [0.1, 0.15) is 33.1 Å². The lowest BCUT2D eigenvalue weighted by molar-refractivity contribution is -0.116. The fourth-order valence-corrected chi connectivity index (χ4v) is 2.28. The molecule has 1 N–H and O–H groups in total. The Morgan fingerprint density at radius 2 is 2.32 bits per heavy atom. The van der Waals surface area contributed by atoms with Gasteiger partial charge in [-0.2, -0.15) is 0 Å². The van der Waals surface area contributed by atoms with Crippen LogP contribution in [0.2, 0.25) is 0 Å². The Bertz CT molecular complexity index is 479. The third kappa shape index (κ3) is 3.85. The van der Waals surface area contributed by atoms with Crippen molar-refractivity contribution >= 4 is 11.5 Å². The van der Waals surface area contributed by atoms with E-state index in [9.17, 15) is 4.79 Å². The molecule has 1 aromatic carbocycles. The summed E-state index contributed by atoms with van der Waals surface area (Å²) in [4.78, 5) is 11.8. The summed E-state index contributed by atoms with van der Waals surface area (Å²) in [6.45, 7) is 4.81. The van der Waals surface area contributed by atoms with Crippen molar-refractivity contribution in [1.82, 2.24) is 0 Å². The largest absolute Gasteiger partial charge is 0.494 e. The zero-order valence-electron chi connectivity index (χ0n) is 11.6. The van der Waals surface area contributed by atoms with Gasteiger partial charge in [-0.1, -0.05) is 13.0 Å². The minimum atomic E-state index is 0.270. The van der Waals surface area contributed by atoms with Gasteiger partial charge in [-0.3, -0.25) is 4.79 Å². The summed E-state index contributed by atoms with van der Waals surface area (Å²) < 4.78 is 5.45. The molecule has 2 rings (SSSR count). The first kappa shape index (κ1) is 13.7. The second kappa shape index (κ2) is 6.41. The van der Waals surface area contributed by atoms with E-state index in [1.54, 1.807) is 0 Å². The molecule has 0 saturated heterocycles. The van der Waals surface area contributed by atoms with E-state index in [1.165, 1.54) is 0 Å². The number of Topliss-reactive ketones (excluding diaryl/α,β-unsaturated/α-hetero) is 1. The molecule has 1 atom stereocenters. The van der Waals surface area contributed by atoms with Gasteiger partial charge in [0.25, 0.3) is 0 Å². The highest BCUT2D eigenvalue weighted by Crippen LogP contribution is 2.25. The first-order chi connectivity index (χ1) is 9.19. The topological polar surface area (TPSA) is 38.3 Å². The monoisotopic (exact) mass is 259 g/mol. The van der Waals surface area contributed by atoms with Gasteiger partial charge in [-0.15, -0.1) is 0 Å². The molecule has 1 aliphatic rings. The molecule has 1 unspecified atom stereocenters. The number of hydrogen-bond donors (Lipinski definition) is 1. The lowest BCUT2D eigenvalue weighted by atomic mass is 9.86. The van der Waals surface area contributed by atoms with Crippen molar-refractivity contribution in [2.45, 2.75) is 33.1 Å². The van der Waals surface area contributed by atoms with Crippen LogP contribution in [-0.4, -0.2) is 12.4 Å². The average molecular weight is 259 g/mol. The molecule has 19 heavy (non-hydrogen) atoms. The average Bonchev–Trinajstić information content (AvgIpc) is 2.41. The Morgan fingerprint density at radius 3 is 3.11 bits per heavy atom. The molecule has 0 heterocycles. The van der Waals surface area contributed by atoms with Crippen LogP contribution in [0.25, 0.3) is 0 Å². The summed E-state index contributed by atoms with van der Waals surface area (Å²) in [7, 11) is 0. The van der Waals surface area contributed by atoms with Crippen LogP contribution in [0.3, 0.4) is 0 Å². The van der Waals surface area contributed by atoms with Crippen LogP contribution in [0.15, 0.2) is 36.0 Å². The maximum Gasteiger partial charge on any atom is 0.160 e. The maximum absolute atomic E-state index is 11.8. The van der Waals surface area contributed by atoms with Crippen molar-refractivity contribution in [3.8, 4) is 5.75 Å². The Kier molecular flexibility index (Phi) is 4.61. The lowest BCUT2D eigenvalue weighted by Gasteiger charge is -2.19. The number of anilines is 1. The number of carbonyl (C=O) groups excluding carboxylic acids is 1. The fourth-order valence-electron chi connectivity index (χ4n) is 2.28. The van der Waals surface area contributed by atoms with Crippen LogP contribution >= 0.6 is 0 Å². The van der Waals surface area contributed by atoms with Crippen LogP contribution in [0.5, 0.6) is 5.75 Å². The molecule has 0 aromatic heterocycles. The van der Waals surface area contributed by atoms with Crippen molar-refractivity contribution in [3.05, 3.63) is 36.0 Å². The van der Waals surface area contributed by atoms with Gasteiger partial charge in [0.2, 0.25) is 0 Å². The van der Waals surface area contributed by atoms with Crippen molar-refractivity contribution in [2.24, 2.45) is 5.92 Å². The summed E-state index contributed by atoms with van der Waals surface area (Å²) in [6.07, 6.45) is 4.41. The van der Waals surface area contributed by atoms with Crippen molar-refractivity contribution in [1.29, 1.82) is 0 Å². The van der Waals surface area contributed by atoms with Crippen LogP contribution < -0.4 is 10.1 Å². The van der Waals surface area contributed by atoms with E-state index in [1.807, 2.05) is 37.4 Å². The summed E-state index contributed by atoms with van der Waals surface area (Å²) in [6, 6.07) is 7.78. The molecule has 1 saturated carbocycles. The molecule has 0 bridgehead atoms. The van der Waals surface area contributed by atoms with E-state index in [2.05, 4.69) is 12.2 Å². The summed E-state index contributed by atoms with van der Waals surface area (Å²) >= 11 is 0. The fraction of sp³-hybridized carbons (Fsp3) is 0.438. The normalized spacial score (nSPS) is 21.5. The van der Waals surface area contributed by atoms with Crippen molar-refractivity contribution < 1.29 is 9.53 Å². The molecule has 0 aliphatic heterocycles. The highest BCUT2D eigenvalue weighted by atomic mass is 16.5. The molecule has 3 nitrogen and oxygen atoms in total. The SMILES string of the molecule is CCOc1cccc(NC=C2CC(C)CCC2=O)c1. The van der Waals surface area contributed by atoms with E-state index in [0.717, 1.165) is 29.9 Å². The molecule has 0 amide bonds. The quantitative estimate of drug-likeness (QED) is 0.836. The molecule has 1 aromatic rings. The number of nitrogens with one attached hydrogen (secondary N) is 1. The van der Waals surface area contributed by atoms with Gasteiger partial charge in [0.05, 0.1) is 6.61 Å². The van der Waals surface area contributed by atoms with E-state index in [4.69, 9.17) is 4.74 Å². The Balaban J connectivity index is 2.04. The van der Waals surface area contributed by atoms with Gasteiger partial charge in [-0.25, -0.2) is 0 Å². The Labute approximate surface area is 114 Å². The first-order valence-electron chi connectivity index (χ1n) is 6.90. The zero-order chi connectivity index (χ0) is 13.7. The first-order valence-corrected chi connectivity index (χ1v) is 6.90. The minimum absolute atomic E-state index is 0.270. The van der Waals surface area contributed by atoms with Crippen LogP contribution in [-0.2, 0) is 4.79 Å². The van der Waals surface area contributed by atoms with Crippen LogP contribution in [0.4, 0.5) is 5.69 Å². The summed E-state index contributed by atoms with van der Waals surface area (Å²) in [5, 5.41) is 3.20. The Hall–Kier alpha value is -1.77. The number of carbonyl (C=O) groups is 1. The highest BCUT2D eigenvalue weighted by molar-refractivity contribution is 5.96. The van der Waals surface area contributed by atoms with Gasteiger partial charge in [0.1, 0.15) is 5.75 Å².